The molecule has 0 saturated carbocycles. The number of hydrogen-bond acceptors (Lipinski definition) is 6. The maximum Gasteiger partial charge on any atom is 0.253 e. The molecule has 2 aliphatic heterocycles. The molecule has 3 aromatic rings. The zero-order valence-corrected chi connectivity index (χ0v) is 16.4. The van der Waals surface area contributed by atoms with Crippen LogP contribution in [0.5, 0.6) is 0 Å². The number of fused-ring (bicyclic) bond motifs is 1. The first-order valence-electron chi connectivity index (χ1n) is 9.96. The van der Waals surface area contributed by atoms with Crippen molar-refractivity contribution < 1.29 is 14.3 Å². The fraction of sp³-hybridized carbons (Fsp3) is 0.333. The highest BCUT2D eigenvalue weighted by Crippen LogP contribution is 2.24. The van der Waals surface area contributed by atoms with Crippen molar-refractivity contribution >= 4 is 17.5 Å². The molecule has 9 heteroatoms. The van der Waals surface area contributed by atoms with E-state index >= 15 is 0 Å². The zero-order chi connectivity index (χ0) is 20.7. The van der Waals surface area contributed by atoms with E-state index in [2.05, 4.69) is 15.0 Å². The molecule has 154 valence electrons. The quantitative estimate of drug-likeness (QED) is 0.682. The molecule has 2 aliphatic rings. The molecule has 0 unspecified atom stereocenters. The third-order valence-electron chi connectivity index (χ3n) is 5.83. The van der Waals surface area contributed by atoms with Crippen molar-refractivity contribution in [2.75, 3.05) is 39.4 Å². The average molecular weight is 406 g/mol. The second kappa shape index (κ2) is 7.51. The molecule has 2 N–H and O–H groups in total. The predicted octanol–water partition coefficient (Wildman–Crippen LogP) is 0.652. The number of morpholine rings is 1. The van der Waals surface area contributed by atoms with Crippen molar-refractivity contribution in [3.63, 3.8) is 0 Å². The summed E-state index contributed by atoms with van der Waals surface area (Å²) in [6, 6.07) is 11.3. The number of amides is 2. The van der Waals surface area contributed by atoms with E-state index in [9.17, 15) is 9.59 Å². The number of nitrogens with zero attached hydrogens (tertiary/aromatic N) is 5. The number of hydrogen-bond donors (Lipinski definition) is 1. The van der Waals surface area contributed by atoms with Gasteiger partial charge in [-0.1, -0.05) is 12.1 Å². The van der Waals surface area contributed by atoms with E-state index in [-0.39, 0.29) is 5.91 Å². The van der Waals surface area contributed by atoms with Crippen LogP contribution in [0.3, 0.4) is 0 Å². The number of aromatic nitrogens is 3. The number of nitrogens with two attached hydrogens (primary N) is 1. The molecule has 5 rings (SSSR count). The Bertz CT molecular complexity index is 1100. The van der Waals surface area contributed by atoms with Crippen molar-refractivity contribution in [3.05, 3.63) is 53.9 Å². The van der Waals surface area contributed by atoms with Crippen LogP contribution in [-0.4, -0.2) is 81.6 Å². The molecule has 0 aliphatic carbocycles. The molecule has 4 heterocycles. The van der Waals surface area contributed by atoms with Crippen LogP contribution < -0.4 is 5.73 Å². The summed E-state index contributed by atoms with van der Waals surface area (Å²) in [6.07, 6.45) is 1.39. The average Bonchev–Trinajstić information content (AvgIpc) is 3.22. The number of primary amides is 1. The first-order chi connectivity index (χ1) is 14.6. The summed E-state index contributed by atoms with van der Waals surface area (Å²) in [7, 11) is 0. The lowest BCUT2D eigenvalue weighted by Gasteiger charge is -2.46. The summed E-state index contributed by atoms with van der Waals surface area (Å²) >= 11 is 0. The highest BCUT2D eigenvalue weighted by molar-refractivity contribution is 5.99. The first-order valence-corrected chi connectivity index (χ1v) is 9.96. The molecule has 2 aromatic heterocycles. The van der Waals surface area contributed by atoms with Crippen LogP contribution >= 0.6 is 0 Å². The summed E-state index contributed by atoms with van der Waals surface area (Å²) < 4.78 is 6.98. The Morgan fingerprint density at radius 2 is 1.77 bits per heavy atom. The van der Waals surface area contributed by atoms with Gasteiger partial charge < -0.3 is 15.4 Å². The normalized spacial score (nSPS) is 17.8. The van der Waals surface area contributed by atoms with E-state index in [1.165, 1.54) is 6.33 Å². The Morgan fingerprint density at radius 1 is 1.03 bits per heavy atom. The van der Waals surface area contributed by atoms with Gasteiger partial charge in [-0.25, -0.2) is 9.50 Å². The van der Waals surface area contributed by atoms with E-state index in [0.29, 0.717) is 22.8 Å². The van der Waals surface area contributed by atoms with Crippen LogP contribution in [0.1, 0.15) is 20.7 Å². The zero-order valence-electron chi connectivity index (χ0n) is 16.4. The van der Waals surface area contributed by atoms with E-state index < -0.39 is 5.91 Å². The monoisotopic (exact) mass is 406 g/mol. The molecule has 30 heavy (non-hydrogen) atoms. The highest BCUT2D eigenvalue weighted by atomic mass is 16.5. The fourth-order valence-electron chi connectivity index (χ4n) is 4.08. The molecule has 0 spiro atoms. The van der Waals surface area contributed by atoms with Crippen LogP contribution in [0.4, 0.5) is 0 Å². The molecule has 0 radical (unpaired) electrons. The van der Waals surface area contributed by atoms with Crippen molar-refractivity contribution in [3.8, 4) is 11.3 Å². The van der Waals surface area contributed by atoms with Gasteiger partial charge in [0.05, 0.1) is 24.5 Å². The maximum atomic E-state index is 12.8. The summed E-state index contributed by atoms with van der Waals surface area (Å²) in [6.45, 7) is 4.93. The summed E-state index contributed by atoms with van der Waals surface area (Å²) in [4.78, 5) is 32.8. The number of carbonyl (C=O) groups is 2. The molecule has 0 bridgehead atoms. The number of pyridine rings is 1. The van der Waals surface area contributed by atoms with Gasteiger partial charge in [-0.15, -0.1) is 0 Å². The van der Waals surface area contributed by atoms with E-state index in [4.69, 9.17) is 10.5 Å². The molecule has 2 amide bonds. The Kier molecular flexibility index (Phi) is 4.68. The van der Waals surface area contributed by atoms with Gasteiger partial charge in [-0.3, -0.25) is 14.5 Å². The maximum absolute atomic E-state index is 12.8. The Labute approximate surface area is 173 Å². The lowest BCUT2D eigenvalue weighted by atomic mass is 10.0. The number of carbonyl (C=O) groups excluding carboxylic acids is 2. The summed E-state index contributed by atoms with van der Waals surface area (Å²) in [5.41, 5.74) is 8.43. The van der Waals surface area contributed by atoms with Gasteiger partial charge >= 0.3 is 0 Å². The van der Waals surface area contributed by atoms with Crippen molar-refractivity contribution in [1.29, 1.82) is 0 Å². The van der Waals surface area contributed by atoms with Crippen LogP contribution in [0.15, 0.2) is 42.7 Å². The van der Waals surface area contributed by atoms with Crippen LogP contribution in [0.25, 0.3) is 16.9 Å². The number of rotatable bonds is 4. The molecule has 2 fully saturated rings. The molecular formula is C21H22N6O3. The molecule has 2 saturated heterocycles. The Hall–Kier alpha value is -3.30. The Morgan fingerprint density at radius 3 is 2.47 bits per heavy atom. The third-order valence-corrected chi connectivity index (χ3v) is 5.83. The Balaban J connectivity index is 1.31. The largest absolute Gasteiger partial charge is 0.379 e. The van der Waals surface area contributed by atoms with Gasteiger partial charge in [0.1, 0.15) is 6.33 Å². The van der Waals surface area contributed by atoms with Crippen LogP contribution in [0.2, 0.25) is 0 Å². The smallest absolute Gasteiger partial charge is 0.253 e. The van der Waals surface area contributed by atoms with E-state index in [0.717, 1.165) is 50.7 Å². The third kappa shape index (κ3) is 3.21. The number of ether oxygens (including phenoxy) is 1. The molecule has 0 atom stereocenters. The van der Waals surface area contributed by atoms with Gasteiger partial charge in [-0.05, 0) is 24.3 Å². The molecular weight excluding hydrogens is 384 g/mol. The standard InChI is InChI=1S/C21H22N6O3/c22-19(28)17-5-6-18(27-20(17)23-13-24-27)14-1-3-15(4-2-14)21(29)26-11-16(12-26)25-7-9-30-10-8-25/h1-6,13,16H,7-12H2,(H2,22,28). The number of likely N-dealkylation sites (tertiary alicyclic amines) is 1. The van der Waals surface area contributed by atoms with Crippen LogP contribution in [0, 0.1) is 0 Å². The van der Waals surface area contributed by atoms with E-state index in [1.54, 1.807) is 16.6 Å². The highest BCUT2D eigenvalue weighted by Gasteiger charge is 2.35. The van der Waals surface area contributed by atoms with Gasteiger partial charge in [-0.2, -0.15) is 5.10 Å². The van der Waals surface area contributed by atoms with Gasteiger partial charge in [0.25, 0.3) is 11.8 Å². The lowest BCUT2D eigenvalue weighted by molar-refractivity contribution is -0.0256. The van der Waals surface area contributed by atoms with Gasteiger partial charge in [0, 0.05) is 43.3 Å². The molecule has 1 aromatic carbocycles. The molecule has 9 nitrogen and oxygen atoms in total. The lowest BCUT2D eigenvalue weighted by Crippen LogP contribution is -2.62. The van der Waals surface area contributed by atoms with Gasteiger partial charge in [0.15, 0.2) is 5.65 Å². The van der Waals surface area contributed by atoms with Crippen molar-refractivity contribution in [1.82, 2.24) is 24.4 Å². The summed E-state index contributed by atoms with van der Waals surface area (Å²) in [5.74, 6) is -0.508. The topological polar surface area (TPSA) is 106 Å². The van der Waals surface area contributed by atoms with Crippen molar-refractivity contribution in [2.45, 2.75) is 6.04 Å². The second-order valence-electron chi connectivity index (χ2n) is 7.58. The summed E-state index contributed by atoms with van der Waals surface area (Å²) in [5, 5.41) is 4.21. The SMILES string of the molecule is NC(=O)c1ccc(-c2ccc(C(=O)N3CC(N4CCOCC4)C3)cc2)n2ncnc12. The predicted molar refractivity (Wildman–Crippen MR) is 109 cm³/mol. The number of benzene rings is 1. The minimum atomic E-state index is -0.551. The minimum absolute atomic E-state index is 0.0426. The fourth-order valence-corrected chi connectivity index (χ4v) is 4.08. The van der Waals surface area contributed by atoms with E-state index in [1.807, 2.05) is 29.2 Å². The van der Waals surface area contributed by atoms with Gasteiger partial charge in [0.2, 0.25) is 0 Å². The minimum Gasteiger partial charge on any atom is -0.379 e. The van der Waals surface area contributed by atoms with Crippen molar-refractivity contribution in [2.24, 2.45) is 5.73 Å². The first kappa shape index (κ1) is 18.7. The second-order valence-corrected chi connectivity index (χ2v) is 7.58. The van der Waals surface area contributed by atoms with Crippen LogP contribution in [-0.2, 0) is 4.74 Å².